The second-order valence-electron chi connectivity index (χ2n) is 5.71. The van der Waals surface area contributed by atoms with E-state index >= 15 is 0 Å². The van der Waals surface area contributed by atoms with Gasteiger partial charge in [0.15, 0.2) is 11.3 Å². The molecule has 1 unspecified atom stereocenters. The number of urea groups is 1. The zero-order valence-corrected chi connectivity index (χ0v) is 15.2. The molecule has 6 heteroatoms. The molecule has 2 heterocycles. The van der Waals surface area contributed by atoms with E-state index < -0.39 is 0 Å². The highest BCUT2D eigenvalue weighted by Gasteiger charge is 2.16. The lowest BCUT2D eigenvalue weighted by Crippen LogP contribution is -2.37. The van der Waals surface area contributed by atoms with Gasteiger partial charge in [0.1, 0.15) is 5.76 Å². The number of carbonyl (C=O) groups is 1. The van der Waals surface area contributed by atoms with Gasteiger partial charge >= 0.3 is 6.03 Å². The lowest BCUT2D eigenvalue weighted by atomic mass is 10.2. The third-order valence-electron chi connectivity index (χ3n) is 3.84. The van der Waals surface area contributed by atoms with Crippen LogP contribution in [0, 0.1) is 0 Å². The van der Waals surface area contributed by atoms with Gasteiger partial charge in [-0.15, -0.1) is 11.3 Å². The number of hydrogen-bond donors (Lipinski definition) is 2. The number of ether oxygens (including phenoxy) is 1. The number of fused-ring (bicyclic) bond motifs is 1. The predicted octanol–water partition coefficient (Wildman–Crippen LogP) is 4.50. The topological polar surface area (TPSA) is 63.5 Å². The van der Waals surface area contributed by atoms with Crippen molar-refractivity contribution in [2.45, 2.75) is 26.3 Å². The molecule has 0 aliphatic carbocycles. The fraction of sp³-hybridized carbons (Fsp3) is 0.316. The predicted molar refractivity (Wildman–Crippen MR) is 100 cm³/mol. The maximum atomic E-state index is 12.1. The minimum Gasteiger partial charge on any atom is -0.490 e. The SMILES string of the molecule is CCOc1cccc2cc(C(C)NC(=O)NCCc3cccs3)oc12. The van der Waals surface area contributed by atoms with Crippen LogP contribution in [0.2, 0.25) is 0 Å². The standard InChI is InChI=1S/C19H22N2O3S/c1-3-23-16-8-4-6-14-12-17(24-18(14)16)13(2)21-19(22)20-10-9-15-7-5-11-25-15/h4-8,11-13H,3,9-10H2,1-2H3,(H2,20,21,22). The summed E-state index contributed by atoms with van der Waals surface area (Å²) in [6.07, 6.45) is 0.835. The Balaban J connectivity index is 1.58. The zero-order chi connectivity index (χ0) is 17.6. The molecule has 5 nitrogen and oxygen atoms in total. The largest absolute Gasteiger partial charge is 0.490 e. The minimum absolute atomic E-state index is 0.199. The molecule has 132 valence electrons. The molecular weight excluding hydrogens is 336 g/mol. The lowest BCUT2D eigenvalue weighted by molar-refractivity contribution is 0.236. The molecule has 0 saturated carbocycles. The van der Waals surface area contributed by atoms with E-state index in [0.29, 0.717) is 24.5 Å². The zero-order valence-electron chi connectivity index (χ0n) is 14.4. The number of hydrogen-bond acceptors (Lipinski definition) is 4. The summed E-state index contributed by atoms with van der Waals surface area (Å²) in [6.45, 7) is 5.02. The maximum Gasteiger partial charge on any atom is 0.315 e. The molecule has 0 saturated heterocycles. The van der Waals surface area contributed by atoms with Gasteiger partial charge in [-0.05, 0) is 43.8 Å². The second-order valence-corrected chi connectivity index (χ2v) is 6.74. The van der Waals surface area contributed by atoms with E-state index in [2.05, 4.69) is 16.7 Å². The number of para-hydroxylation sites is 1. The Morgan fingerprint density at radius 2 is 2.20 bits per heavy atom. The van der Waals surface area contributed by atoms with Crippen molar-refractivity contribution < 1.29 is 13.9 Å². The highest BCUT2D eigenvalue weighted by molar-refractivity contribution is 7.09. The summed E-state index contributed by atoms with van der Waals surface area (Å²) in [4.78, 5) is 13.3. The van der Waals surface area contributed by atoms with Gasteiger partial charge in [-0.1, -0.05) is 18.2 Å². The van der Waals surface area contributed by atoms with Crippen LogP contribution in [0.1, 0.15) is 30.5 Å². The van der Waals surface area contributed by atoms with Crippen LogP contribution in [0.15, 0.2) is 46.2 Å². The number of rotatable bonds is 7. The second kappa shape index (κ2) is 8.07. The van der Waals surface area contributed by atoms with Crippen LogP contribution in [0.4, 0.5) is 4.79 Å². The van der Waals surface area contributed by atoms with Crippen molar-refractivity contribution in [2.75, 3.05) is 13.2 Å². The third kappa shape index (κ3) is 4.33. The van der Waals surface area contributed by atoms with Crippen molar-refractivity contribution >= 4 is 28.3 Å². The summed E-state index contributed by atoms with van der Waals surface area (Å²) in [5.74, 6) is 1.43. The summed E-state index contributed by atoms with van der Waals surface area (Å²) >= 11 is 1.69. The van der Waals surface area contributed by atoms with Crippen LogP contribution in [0.25, 0.3) is 11.0 Å². The van der Waals surface area contributed by atoms with Crippen molar-refractivity contribution in [3.63, 3.8) is 0 Å². The molecule has 2 amide bonds. The average molecular weight is 358 g/mol. The monoisotopic (exact) mass is 358 g/mol. The van der Waals surface area contributed by atoms with Crippen LogP contribution in [-0.4, -0.2) is 19.2 Å². The van der Waals surface area contributed by atoms with Gasteiger partial charge in [-0.3, -0.25) is 0 Å². The summed E-state index contributed by atoms with van der Waals surface area (Å²) < 4.78 is 11.5. The molecule has 0 spiro atoms. The molecule has 2 aromatic heterocycles. The molecule has 0 aliphatic heterocycles. The Kier molecular flexibility index (Phi) is 5.60. The highest BCUT2D eigenvalue weighted by Crippen LogP contribution is 2.31. The van der Waals surface area contributed by atoms with E-state index in [9.17, 15) is 4.79 Å². The van der Waals surface area contributed by atoms with Crippen molar-refractivity contribution in [1.29, 1.82) is 0 Å². The molecule has 0 radical (unpaired) electrons. The number of amides is 2. The van der Waals surface area contributed by atoms with Gasteiger partial charge in [-0.2, -0.15) is 0 Å². The van der Waals surface area contributed by atoms with Crippen LogP contribution in [0.3, 0.4) is 0 Å². The summed E-state index contributed by atoms with van der Waals surface area (Å²) in [5.41, 5.74) is 0.714. The fourth-order valence-electron chi connectivity index (χ4n) is 2.61. The van der Waals surface area contributed by atoms with Gasteiger partial charge in [0, 0.05) is 16.8 Å². The van der Waals surface area contributed by atoms with E-state index in [-0.39, 0.29) is 12.1 Å². The van der Waals surface area contributed by atoms with E-state index in [1.54, 1.807) is 11.3 Å². The van der Waals surface area contributed by atoms with E-state index in [0.717, 1.165) is 17.6 Å². The van der Waals surface area contributed by atoms with Gasteiger partial charge in [-0.25, -0.2) is 4.79 Å². The van der Waals surface area contributed by atoms with Crippen molar-refractivity contribution in [3.8, 4) is 5.75 Å². The third-order valence-corrected chi connectivity index (χ3v) is 4.77. The Bertz CT molecular complexity index is 826. The number of nitrogens with one attached hydrogen (secondary N) is 2. The van der Waals surface area contributed by atoms with Crippen LogP contribution >= 0.6 is 11.3 Å². The molecule has 0 fully saturated rings. The fourth-order valence-corrected chi connectivity index (χ4v) is 3.32. The van der Waals surface area contributed by atoms with Gasteiger partial charge in [0.2, 0.25) is 0 Å². The first kappa shape index (κ1) is 17.4. The number of thiophene rings is 1. The quantitative estimate of drug-likeness (QED) is 0.654. The molecular formula is C19H22N2O3S. The lowest BCUT2D eigenvalue weighted by Gasteiger charge is -2.12. The molecule has 1 aromatic carbocycles. The minimum atomic E-state index is -0.233. The van der Waals surface area contributed by atoms with Crippen LogP contribution in [0.5, 0.6) is 5.75 Å². The Hall–Kier alpha value is -2.47. The van der Waals surface area contributed by atoms with E-state index in [1.165, 1.54) is 4.88 Å². The van der Waals surface area contributed by atoms with Gasteiger partial charge in [0.25, 0.3) is 0 Å². The molecule has 1 atom stereocenters. The molecule has 2 N–H and O–H groups in total. The molecule has 25 heavy (non-hydrogen) atoms. The first-order valence-corrected chi connectivity index (χ1v) is 9.27. The van der Waals surface area contributed by atoms with Crippen LogP contribution in [-0.2, 0) is 6.42 Å². The van der Waals surface area contributed by atoms with E-state index in [1.807, 2.05) is 49.6 Å². The van der Waals surface area contributed by atoms with Gasteiger partial charge < -0.3 is 19.8 Å². The molecule has 3 aromatic rings. The van der Waals surface area contributed by atoms with Crippen molar-refractivity contribution in [3.05, 3.63) is 52.4 Å². The highest BCUT2D eigenvalue weighted by atomic mass is 32.1. The molecule has 0 aliphatic rings. The Morgan fingerprint density at radius 3 is 2.96 bits per heavy atom. The number of carbonyl (C=O) groups excluding carboxylic acids is 1. The number of furan rings is 1. The first-order chi connectivity index (χ1) is 12.2. The maximum absolute atomic E-state index is 12.1. The summed E-state index contributed by atoms with van der Waals surface area (Å²) in [6, 6.07) is 11.4. The Labute approximate surface area is 151 Å². The Morgan fingerprint density at radius 1 is 1.32 bits per heavy atom. The normalized spacial score (nSPS) is 12.1. The first-order valence-electron chi connectivity index (χ1n) is 8.39. The van der Waals surface area contributed by atoms with Crippen molar-refractivity contribution in [1.82, 2.24) is 10.6 Å². The summed E-state index contributed by atoms with van der Waals surface area (Å²) in [7, 11) is 0. The smallest absolute Gasteiger partial charge is 0.315 e. The van der Waals surface area contributed by atoms with E-state index in [4.69, 9.17) is 9.15 Å². The molecule has 3 rings (SSSR count). The van der Waals surface area contributed by atoms with Crippen LogP contribution < -0.4 is 15.4 Å². The summed E-state index contributed by atoms with van der Waals surface area (Å²) in [5, 5.41) is 8.79. The average Bonchev–Trinajstić information content (AvgIpc) is 3.24. The van der Waals surface area contributed by atoms with Crippen molar-refractivity contribution in [2.24, 2.45) is 0 Å². The van der Waals surface area contributed by atoms with Gasteiger partial charge in [0.05, 0.1) is 12.6 Å². The number of benzene rings is 1. The molecule has 0 bridgehead atoms.